The van der Waals surface area contributed by atoms with Gasteiger partial charge in [-0.25, -0.2) is 9.59 Å². The molecule has 1 amide bonds. The number of carbonyl (C=O) groups excluding carboxylic acids is 5. The molecular weight excluding hydrogens is 528 g/mol. The van der Waals surface area contributed by atoms with Crippen LogP contribution in [0.4, 0.5) is 4.79 Å². The molecule has 13 nitrogen and oxygen atoms in total. The largest absolute Gasteiger partial charge is 0.467 e. The first kappa shape index (κ1) is 30.8. The lowest BCUT2D eigenvalue weighted by Crippen LogP contribution is -2.66. The van der Waals surface area contributed by atoms with Gasteiger partial charge in [0.15, 0.2) is 24.6 Å². The van der Waals surface area contributed by atoms with Crippen LogP contribution in [-0.2, 0) is 47.6 Å². The van der Waals surface area contributed by atoms with Gasteiger partial charge in [-0.2, -0.15) is 4.57 Å². The molecule has 0 radical (unpaired) electrons. The molecule has 6 atom stereocenters. The Bertz CT molecular complexity index is 1130. The van der Waals surface area contributed by atoms with Gasteiger partial charge in [0, 0.05) is 38.9 Å². The molecule has 2 aliphatic heterocycles. The number of hydrogen-bond acceptors (Lipinski definition) is 11. The third-order valence-electron chi connectivity index (χ3n) is 6.26. The third kappa shape index (κ3) is 7.46. The van der Waals surface area contributed by atoms with Crippen LogP contribution in [0.1, 0.15) is 72.2 Å². The molecule has 0 spiro atoms. The average Bonchev–Trinajstić information content (AvgIpc) is 3.34. The number of methoxy groups -OCH3 is 1. The molecule has 0 N–H and O–H groups in total. The van der Waals surface area contributed by atoms with Crippen LogP contribution in [-0.4, -0.2) is 78.5 Å². The minimum absolute atomic E-state index is 0.312. The molecule has 2 saturated heterocycles. The molecule has 3 heterocycles. The summed E-state index contributed by atoms with van der Waals surface area (Å²) in [7, 11) is 1.13. The van der Waals surface area contributed by atoms with Crippen molar-refractivity contribution in [1.82, 2.24) is 4.90 Å². The quantitative estimate of drug-likeness (QED) is 0.283. The molecular formula is C27H37N2O11+. The van der Waals surface area contributed by atoms with Gasteiger partial charge < -0.3 is 28.6 Å². The number of esters is 4. The molecule has 2 fully saturated rings. The SMILES string of the molecule is COC(=O)[C@H]1O[C@@H]([n+]2cccc(C3CCCN3C(=O)OC(C)(C)C)c2)[C@H](OC(C)=O)[C@@H](OC(C)=O)[C@@H]1OC(C)=O. The number of likely N-dealkylation sites (tertiary alicyclic amines) is 1. The molecule has 3 rings (SSSR count). The van der Waals surface area contributed by atoms with Crippen molar-refractivity contribution >= 4 is 30.0 Å². The number of pyridine rings is 1. The van der Waals surface area contributed by atoms with Crippen molar-refractivity contribution in [2.45, 2.75) is 96.7 Å². The fourth-order valence-electron chi connectivity index (χ4n) is 4.85. The summed E-state index contributed by atoms with van der Waals surface area (Å²) in [6, 6.07) is 3.23. The maximum absolute atomic E-state index is 12.9. The summed E-state index contributed by atoms with van der Waals surface area (Å²) in [5.74, 6) is -3.16. The average molecular weight is 566 g/mol. The Labute approximate surface area is 232 Å². The Balaban J connectivity index is 2.05. The lowest BCUT2D eigenvalue weighted by Gasteiger charge is -2.41. The van der Waals surface area contributed by atoms with E-state index in [2.05, 4.69) is 0 Å². The minimum Gasteiger partial charge on any atom is -0.467 e. The van der Waals surface area contributed by atoms with Crippen LogP contribution in [0.15, 0.2) is 24.5 Å². The van der Waals surface area contributed by atoms with Crippen molar-refractivity contribution in [2.75, 3.05) is 13.7 Å². The van der Waals surface area contributed by atoms with E-state index in [0.29, 0.717) is 13.0 Å². The summed E-state index contributed by atoms with van der Waals surface area (Å²) in [5.41, 5.74) is 0.0676. The second-order valence-electron chi connectivity index (χ2n) is 10.6. The zero-order valence-electron chi connectivity index (χ0n) is 23.8. The van der Waals surface area contributed by atoms with E-state index in [0.717, 1.165) is 39.9 Å². The highest BCUT2D eigenvalue weighted by Gasteiger charge is 2.58. The Morgan fingerprint density at radius 3 is 2.12 bits per heavy atom. The van der Waals surface area contributed by atoms with Crippen LogP contribution in [0.2, 0.25) is 0 Å². The van der Waals surface area contributed by atoms with Crippen molar-refractivity contribution < 1.29 is 57.0 Å². The maximum Gasteiger partial charge on any atom is 0.410 e. The van der Waals surface area contributed by atoms with E-state index >= 15 is 0 Å². The normalized spacial score (nSPS) is 26.4. The van der Waals surface area contributed by atoms with E-state index in [4.69, 9.17) is 28.4 Å². The van der Waals surface area contributed by atoms with Gasteiger partial charge in [0.2, 0.25) is 12.2 Å². The number of nitrogens with zero attached hydrogens (tertiary/aromatic N) is 2. The molecule has 0 aromatic carbocycles. The predicted molar refractivity (Wildman–Crippen MR) is 134 cm³/mol. The van der Waals surface area contributed by atoms with Crippen molar-refractivity contribution in [3.05, 3.63) is 30.1 Å². The van der Waals surface area contributed by atoms with E-state index in [1.165, 1.54) is 0 Å². The summed E-state index contributed by atoms with van der Waals surface area (Å²) in [5, 5.41) is 0. The van der Waals surface area contributed by atoms with E-state index in [1.54, 1.807) is 48.7 Å². The van der Waals surface area contributed by atoms with E-state index in [1.807, 2.05) is 6.07 Å². The van der Waals surface area contributed by atoms with Crippen LogP contribution in [0, 0.1) is 0 Å². The fraction of sp³-hybridized carbons (Fsp3) is 0.630. The van der Waals surface area contributed by atoms with Crippen molar-refractivity contribution in [1.29, 1.82) is 0 Å². The molecule has 1 aromatic rings. The minimum atomic E-state index is -1.52. The van der Waals surface area contributed by atoms with Gasteiger partial charge in [-0.05, 0) is 39.7 Å². The monoisotopic (exact) mass is 565 g/mol. The molecule has 0 aliphatic carbocycles. The molecule has 40 heavy (non-hydrogen) atoms. The van der Waals surface area contributed by atoms with Crippen molar-refractivity contribution in [3.8, 4) is 0 Å². The zero-order chi connectivity index (χ0) is 29.8. The van der Waals surface area contributed by atoms with Crippen LogP contribution in [0.5, 0.6) is 0 Å². The lowest BCUT2D eigenvalue weighted by molar-refractivity contribution is -0.776. The first-order chi connectivity index (χ1) is 18.7. The molecule has 13 heteroatoms. The smallest absolute Gasteiger partial charge is 0.410 e. The Kier molecular flexibility index (Phi) is 9.72. The zero-order valence-corrected chi connectivity index (χ0v) is 23.8. The molecule has 1 aromatic heterocycles. The summed E-state index contributed by atoms with van der Waals surface area (Å²) < 4.78 is 34.4. The number of amides is 1. The maximum atomic E-state index is 12.9. The van der Waals surface area contributed by atoms with Crippen LogP contribution < -0.4 is 4.57 Å². The molecule has 1 unspecified atom stereocenters. The van der Waals surface area contributed by atoms with Crippen LogP contribution >= 0.6 is 0 Å². The number of hydrogen-bond donors (Lipinski definition) is 0. The van der Waals surface area contributed by atoms with E-state index < -0.39 is 66.2 Å². The Hall–Kier alpha value is -3.74. The standard InChI is InChI=1S/C27H37N2O11/c1-15(30)36-20-21(37-16(2)31)23(25(33)35-7)39-24(22(20)38-17(3)32)28-12-8-10-18(14-28)19-11-9-13-29(19)26(34)40-27(4,5)6/h8,10,12,14,19-24H,9,11,13H2,1-7H3/q+1/t19?,20-,21-,22+,23-,24+/m0/s1. The number of carbonyl (C=O) groups is 5. The van der Waals surface area contributed by atoms with E-state index in [-0.39, 0.29) is 6.04 Å². The Morgan fingerprint density at radius 2 is 1.55 bits per heavy atom. The van der Waals surface area contributed by atoms with Gasteiger partial charge >= 0.3 is 36.2 Å². The predicted octanol–water partition coefficient (Wildman–Crippen LogP) is 1.91. The summed E-state index contributed by atoms with van der Waals surface area (Å²) in [4.78, 5) is 63.4. The highest BCUT2D eigenvalue weighted by molar-refractivity contribution is 5.77. The molecule has 0 saturated carbocycles. The van der Waals surface area contributed by atoms with Crippen LogP contribution in [0.25, 0.3) is 0 Å². The Morgan fingerprint density at radius 1 is 0.950 bits per heavy atom. The third-order valence-corrected chi connectivity index (χ3v) is 6.26. The van der Waals surface area contributed by atoms with Gasteiger partial charge in [0.1, 0.15) is 5.60 Å². The van der Waals surface area contributed by atoms with Gasteiger partial charge in [0.05, 0.1) is 13.2 Å². The second kappa shape index (κ2) is 12.6. The van der Waals surface area contributed by atoms with Crippen molar-refractivity contribution in [2.24, 2.45) is 0 Å². The van der Waals surface area contributed by atoms with Gasteiger partial charge in [-0.3, -0.25) is 19.1 Å². The van der Waals surface area contributed by atoms with Crippen LogP contribution in [0.3, 0.4) is 0 Å². The number of ether oxygens (including phenoxy) is 6. The van der Waals surface area contributed by atoms with Gasteiger partial charge in [-0.1, -0.05) is 0 Å². The lowest BCUT2D eigenvalue weighted by atomic mass is 9.96. The first-order valence-electron chi connectivity index (χ1n) is 13.0. The number of rotatable bonds is 6. The van der Waals surface area contributed by atoms with Crippen molar-refractivity contribution in [3.63, 3.8) is 0 Å². The van der Waals surface area contributed by atoms with Gasteiger partial charge in [-0.15, -0.1) is 0 Å². The fourth-order valence-corrected chi connectivity index (χ4v) is 4.85. The highest BCUT2D eigenvalue weighted by Crippen LogP contribution is 2.35. The van der Waals surface area contributed by atoms with E-state index in [9.17, 15) is 24.0 Å². The summed E-state index contributed by atoms with van der Waals surface area (Å²) in [6.45, 7) is 9.29. The van der Waals surface area contributed by atoms with Gasteiger partial charge in [0.25, 0.3) is 0 Å². The topological polar surface area (TPSA) is 148 Å². The second-order valence-corrected chi connectivity index (χ2v) is 10.6. The number of aromatic nitrogens is 1. The molecule has 2 aliphatic rings. The first-order valence-corrected chi connectivity index (χ1v) is 13.0. The molecule has 220 valence electrons. The molecule has 0 bridgehead atoms. The summed E-state index contributed by atoms with van der Waals surface area (Å²) in [6.07, 6.45) is -2.61. The summed E-state index contributed by atoms with van der Waals surface area (Å²) >= 11 is 0. The highest BCUT2D eigenvalue weighted by atomic mass is 16.7.